The van der Waals surface area contributed by atoms with Crippen molar-refractivity contribution in [3.05, 3.63) is 163 Å². The Morgan fingerprint density at radius 2 is 1.15 bits per heavy atom. The van der Waals surface area contributed by atoms with Crippen molar-refractivity contribution in [3.63, 3.8) is 0 Å². The number of para-hydroxylation sites is 1. The minimum atomic E-state index is -0.0504. The summed E-state index contributed by atoms with van der Waals surface area (Å²) >= 11 is 1.89. The summed E-state index contributed by atoms with van der Waals surface area (Å²) in [6.07, 6.45) is 0. The third-order valence-corrected chi connectivity index (χ3v) is 11.6. The number of fused-ring (bicyclic) bond motifs is 9. The van der Waals surface area contributed by atoms with Gasteiger partial charge in [-0.1, -0.05) is 129 Å². The van der Waals surface area contributed by atoms with Gasteiger partial charge in [0.05, 0.1) is 11.0 Å². The maximum absolute atomic E-state index is 2.46. The molecule has 0 bridgehead atoms. The fourth-order valence-electron chi connectivity index (χ4n) is 8.08. The van der Waals surface area contributed by atoms with Crippen molar-refractivity contribution >= 4 is 53.3 Å². The van der Waals surface area contributed by atoms with Crippen LogP contribution in [0.3, 0.4) is 0 Å². The molecule has 0 saturated heterocycles. The fraction of sp³-hybridized carbons (Fsp3) is 0.0667. The van der Waals surface area contributed by atoms with Crippen LogP contribution in [0.25, 0.3) is 81.0 Å². The predicted octanol–water partition coefficient (Wildman–Crippen LogP) is 12.8. The minimum Gasteiger partial charge on any atom is -0.309 e. The van der Waals surface area contributed by atoms with Crippen LogP contribution in [0.4, 0.5) is 0 Å². The zero-order valence-electron chi connectivity index (χ0n) is 26.3. The third kappa shape index (κ3) is 3.83. The van der Waals surface area contributed by atoms with Crippen LogP contribution in [-0.4, -0.2) is 4.57 Å². The maximum Gasteiger partial charge on any atom is 0.0544 e. The molecule has 10 rings (SSSR count). The van der Waals surface area contributed by atoms with Crippen molar-refractivity contribution in [2.75, 3.05) is 0 Å². The zero-order valence-corrected chi connectivity index (χ0v) is 27.1. The SMILES string of the molecule is CC1(C)c2ccccc2-c2cc3c4ccccc4n(-c4cccc(-c5ccc(-c6cccc7c6sc6ccccc67)cc5)c4)c3cc21. The first-order chi connectivity index (χ1) is 23.1. The first-order valence-corrected chi connectivity index (χ1v) is 17.2. The van der Waals surface area contributed by atoms with Crippen LogP contribution in [0.15, 0.2) is 152 Å². The highest BCUT2D eigenvalue weighted by Gasteiger charge is 2.36. The fourth-order valence-corrected chi connectivity index (χ4v) is 9.32. The van der Waals surface area contributed by atoms with Crippen molar-refractivity contribution in [1.29, 1.82) is 0 Å². The molecular weight excluding hydrogens is 587 g/mol. The van der Waals surface area contributed by atoms with Gasteiger partial charge in [-0.05, 0) is 80.9 Å². The largest absolute Gasteiger partial charge is 0.309 e. The summed E-state index contributed by atoms with van der Waals surface area (Å²) in [6, 6.07) is 56.2. The highest BCUT2D eigenvalue weighted by molar-refractivity contribution is 7.26. The van der Waals surface area contributed by atoms with Crippen LogP contribution >= 0.6 is 11.3 Å². The number of aromatic nitrogens is 1. The van der Waals surface area contributed by atoms with Gasteiger partial charge in [-0.3, -0.25) is 0 Å². The second-order valence-corrected chi connectivity index (χ2v) is 14.4. The van der Waals surface area contributed by atoms with Crippen molar-refractivity contribution in [3.8, 4) is 39.1 Å². The lowest BCUT2D eigenvalue weighted by Crippen LogP contribution is -2.14. The Morgan fingerprint density at radius 1 is 0.447 bits per heavy atom. The topological polar surface area (TPSA) is 4.93 Å². The molecule has 1 nitrogen and oxygen atoms in total. The molecule has 0 N–H and O–H groups in total. The van der Waals surface area contributed by atoms with E-state index in [2.05, 4.69) is 170 Å². The molecule has 9 aromatic rings. The number of hydrogen-bond acceptors (Lipinski definition) is 1. The molecule has 2 heterocycles. The lowest BCUT2D eigenvalue weighted by Gasteiger charge is -2.21. The Morgan fingerprint density at radius 3 is 2.04 bits per heavy atom. The Balaban J connectivity index is 1.10. The highest BCUT2D eigenvalue weighted by Crippen LogP contribution is 2.51. The molecule has 0 unspecified atom stereocenters. The van der Waals surface area contributed by atoms with Crippen LogP contribution in [0.5, 0.6) is 0 Å². The Labute approximate surface area is 278 Å². The summed E-state index contributed by atoms with van der Waals surface area (Å²) < 4.78 is 5.16. The van der Waals surface area contributed by atoms with Gasteiger partial charge in [0.15, 0.2) is 0 Å². The average molecular weight is 618 g/mol. The molecule has 1 aliphatic carbocycles. The van der Waals surface area contributed by atoms with Crippen LogP contribution in [0.2, 0.25) is 0 Å². The van der Waals surface area contributed by atoms with Crippen LogP contribution in [0.1, 0.15) is 25.0 Å². The van der Waals surface area contributed by atoms with E-state index < -0.39 is 0 Å². The van der Waals surface area contributed by atoms with Gasteiger partial charge in [0, 0.05) is 42.0 Å². The van der Waals surface area contributed by atoms with E-state index in [-0.39, 0.29) is 5.41 Å². The molecule has 0 radical (unpaired) electrons. The molecule has 0 fully saturated rings. The van der Waals surface area contributed by atoms with E-state index in [1.54, 1.807) is 0 Å². The molecule has 2 aromatic heterocycles. The maximum atomic E-state index is 2.46. The van der Waals surface area contributed by atoms with E-state index in [4.69, 9.17) is 0 Å². The lowest BCUT2D eigenvalue weighted by atomic mass is 9.82. The van der Waals surface area contributed by atoms with Crippen molar-refractivity contribution < 1.29 is 0 Å². The summed E-state index contributed by atoms with van der Waals surface area (Å²) in [6.45, 7) is 4.73. The van der Waals surface area contributed by atoms with E-state index in [1.165, 1.54) is 92.2 Å². The molecular formula is C45H31NS. The summed E-state index contributed by atoms with van der Waals surface area (Å²) in [7, 11) is 0. The van der Waals surface area contributed by atoms with Gasteiger partial charge in [-0.15, -0.1) is 11.3 Å². The Hall–Kier alpha value is -5.44. The van der Waals surface area contributed by atoms with E-state index in [1.807, 2.05) is 11.3 Å². The summed E-state index contributed by atoms with van der Waals surface area (Å²) in [5.74, 6) is 0. The standard InChI is InChI=1S/C45H31NS/c1-45(2)39-18-6-3-13-33(39)37-26-38-34-14-4-7-19-41(34)46(42(38)27-40(37)45)31-12-9-11-30(25-31)28-21-23-29(24-22-28)32-16-10-17-36-35-15-5-8-20-43(35)47-44(32)36/h3-27H,1-2H3. The number of hydrogen-bond donors (Lipinski definition) is 0. The van der Waals surface area contributed by atoms with Crippen LogP contribution in [0, 0.1) is 0 Å². The van der Waals surface area contributed by atoms with Crippen molar-refractivity contribution in [2.24, 2.45) is 0 Å². The minimum absolute atomic E-state index is 0.0504. The molecule has 0 atom stereocenters. The summed E-state index contributed by atoms with van der Waals surface area (Å²) in [5.41, 5.74) is 14.1. The van der Waals surface area contributed by atoms with E-state index in [9.17, 15) is 0 Å². The number of rotatable bonds is 3. The first-order valence-electron chi connectivity index (χ1n) is 16.4. The molecule has 7 aromatic carbocycles. The van der Waals surface area contributed by atoms with E-state index in [0.717, 1.165) is 0 Å². The highest BCUT2D eigenvalue weighted by atomic mass is 32.1. The summed E-state index contributed by atoms with van der Waals surface area (Å²) in [5, 5.41) is 5.27. The second-order valence-electron chi connectivity index (χ2n) is 13.3. The Bertz CT molecular complexity index is 2700. The average Bonchev–Trinajstić information content (AvgIpc) is 3.73. The van der Waals surface area contributed by atoms with Gasteiger partial charge in [-0.2, -0.15) is 0 Å². The Kier molecular flexibility index (Phi) is 5.57. The molecule has 0 aliphatic heterocycles. The molecule has 0 saturated carbocycles. The predicted molar refractivity (Wildman–Crippen MR) is 202 cm³/mol. The van der Waals surface area contributed by atoms with Crippen molar-refractivity contribution in [2.45, 2.75) is 19.3 Å². The monoisotopic (exact) mass is 617 g/mol. The number of nitrogens with zero attached hydrogens (tertiary/aromatic N) is 1. The molecule has 1 aliphatic rings. The van der Waals surface area contributed by atoms with Gasteiger partial charge in [0.25, 0.3) is 0 Å². The molecule has 0 spiro atoms. The second kappa shape index (κ2) is 9.78. The molecule has 222 valence electrons. The smallest absolute Gasteiger partial charge is 0.0544 e. The number of thiophene rings is 1. The normalized spacial score (nSPS) is 13.5. The number of benzene rings is 7. The van der Waals surface area contributed by atoms with Gasteiger partial charge < -0.3 is 4.57 Å². The van der Waals surface area contributed by atoms with E-state index in [0.29, 0.717) is 0 Å². The van der Waals surface area contributed by atoms with Gasteiger partial charge in [-0.25, -0.2) is 0 Å². The molecule has 47 heavy (non-hydrogen) atoms. The van der Waals surface area contributed by atoms with Gasteiger partial charge in [0.2, 0.25) is 0 Å². The molecule has 2 heteroatoms. The van der Waals surface area contributed by atoms with Gasteiger partial charge in [0.1, 0.15) is 0 Å². The van der Waals surface area contributed by atoms with Crippen molar-refractivity contribution in [1.82, 2.24) is 4.57 Å². The first kappa shape index (κ1) is 26.7. The third-order valence-electron chi connectivity index (χ3n) is 10.4. The lowest BCUT2D eigenvalue weighted by molar-refractivity contribution is 0.661. The molecule has 0 amide bonds. The summed E-state index contributed by atoms with van der Waals surface area (Å²) in [4.78, 5) is 0. The van der Waals surface area contributed by atoms with Gasteiger partial charge >= 0.3 is 0 Å². The zero-order chi connectivity index (χ0) is 31.3. The quantitative estimate of drug-likeness (QED) is 0.186. The van der Waals surface area contributed by atoms with Crippen LogP contribution in [-0.2, 0) is 5.41 Å². The van der Waals surface area contributed by atoms with E-state index >= 15 is 0 Å². The van der Waals surface area contributed by atoms with Crippen LogP contribution < -0.4 is 0 Å².